The molecule has 132 valence electrons. The van der Waals surface area contributed by atoms with Crippen LogP contribution in [0, 0.1) is 0 Å². The summed E-state index contributed by atoms with van der Waals surface area (Å²) in [5, 5.41) is 0. The van der Waals surface area contributed by atoms with E-state index in [0.717, 1.165) is 26.1 Å². The molecule has 23 heavy (non-hydrogen) atoms. The zero-order valence-electron chi connectivity index (χ0n) is 15.3. The van der Waals surface area contributed by atoms with Crippen molar-refractivity contribution in [1.29, 1.82) is 0 Å². The monoisotopic (exact) mass is 322 g/mol. The fraction of sp³-hybridized carbons (Fsp3) is 0.800. The number of unbranched alkanes of at least 4 members (excludes halogenated alkanes) is 4. The van der Waals surface area contributed by atoms with Crippen molar-refractivity contribution in [3.63, 3.8) is 0 Å². The summed E-state index contributed by atoms with van der Waals surface area (Å²) in [7, 11) is 0. The quantitative estimate of drug-likeness (QED) is 0.294. The SMILES string of the molecule is CCCCC=CC(C)(OC(C)(C=CCCCC)C1CO1)C1CO1. The fourth-order valence-corrected chi connectivity index (χ4v) is 2.92. The largest absolute Gasteiger partial charge is 0.370 e. The van der Waals surface area contributed by atoms with E-state index in [1.54, 1.807) is 0 Å². The lowest BCUT2D eigenvalue weighted by Gasteiger charge is -2.36. The number of epoxide rings is 2. The standard InChI is InChI=1S/C20H34O3/c1-5-7-9-11-13-19(3,17-15-21-17)23-20(4,18-16-22-18)14-12-10-8-6-2/h11-14,17-18H,5-10,15-16H2,1-4H3. The van der Waals surface area contributed by atoms with Crippen LogP contribution in [0.1, 0.15) is 66.2 Å². The number of rotatable bonds is 12. The molecule has 0 saturated carbocycles. The second kappa shape index (κ2) is 8.46. The second-order valence-electron chi connectivity index (χ2n) is 7.20. The van der Waals surface area contributed by atoms with Crippen molar-refractivity contribution >= 4 is 0 Å². The molecule has 3 heteroatoms. The third-order valence-corrected chi connectivity index (χ3v) is 4.73. The van der Waals surface area contributed by atoms with E-state index >= 15 is 0 Å². The highest BCUT2D eigenvalue weighted by Gasteiger charge is 2.51. The minimum atomic E-state index is -0.371. The molecule has 0 bridgehead atoms. The van der Waals surface area contributed by atoms with E-state index in [2.05, 4.69) is 52.0 Å². The number of allylic oxidation sites excluding steroid dienone is 2. The molecule has 2 aliphatic heterocycles. The van der Waals surface area contributed by atoms with Crippen LogP contribution in [0.2, 0.25) is 0 Å². The Hall–Kier alpha value is -0.640. The molecule has 2 heterocycles. The number of ether oxygens (including phenoxy) is 3. The number of hydrogen-bond donors (Lipinski definition) is 0. The summed E-state index contributed by atoms with van der Waals surface area (Å²) in [5.74, 6) is 0. The lowest BCUT2D eigenvalue weighted by Crippen LogP contribution is -2.45. The van der Waals surface area contributed by atoms with Gasteiger partial charge in [0.15, 0.2) is 0 Å². The maximum atomic E-state index is 6.61. The van der Waals surface area contributed by atoms with Gasteiger partial charge in [-0.3, -0.25) is 0 Å². The van der Waals surface area contributed by atoms with E-state index in [-0.39, 0.29) is 23.4 Å². The lowest BCUT2D eigenvalue weighted by molar-refractivity contribution is -0.111. The van der Waals surface area contributed by atoms with E-state index < -0.39 is 0 Å². The average molecular weight is 322 g/mol. The summed E-state index contributed by atoms with van der Waals surface area (Å²) >= 11 is 0. The molecule has 4 atom stereocenters. The summed E-state index contributed by atoms with van der Waals surface area (Å²) in [6.07, 6.45) is 16.3. The predicted molar refractivity (Wildman–Crippen MR) is 94.7 cm³/mol. The van der Waals surface area contributed by atoms with Crippen molar-refractivity contribution in [1.82, 2.24) is 0 Å². The molecule has 4 unspecified atom stereocenters. The third-order valence-electron chi connectivity index (χ3n) is 4.73. The van der Waals surface area contributed by atoms with Gasteiger partial charge in [-0.15, -0.1) is 0 Å². The summed E-state index contributed by atoms with van der Waals surface area (Å²) in [5.41, 5.74) is -0.743. The first-order chi connectivity index (χ1) is 11.0. The van der Waals surface area contributed by atoms with Crippen LogP contribution in [0.3, 0.4) is 0 Å². The van der Waals surface area contributed by atoms with Crippen molar-refractivity contribution in [2.75, 3.05) is 13.2 Å². The van der Waals surface area contributed by atoms with Crippen LogP contribution in [-0.4, -0.2) is 36.6 Å². The molecule has 0 radical (unpaired) electrons. The Balaban J connectivity index is 2.02. The Labute approximate surface area is 142 Å². The summed E-state index contributed by atoms with van der Waals surface area (Å²) in [6, 6.07) is 0. The van der Waals surface area contributed by atoms with Crippen molar-refractivity contribution in [3.8, 4) is 0 Å². The molecule has 2 fully saturated rings. The molecule has 2 aliphatic rings. The highest BCUT2D eigenvalue weighted by atomic mass is 16.6. The zero-order valence-corrected chi connectivity index (χ0v) is 15.3. The molecule has 0 N–H and O–H groups in total. The molecule has 0 amide bonds. The van der Waals surface area contributed by atoms with E-state index in [1.807, 2.05) is 0 Å². The lowest BCUT2D eigenvalue weighted by atomic mass is 9.95. The Morgan fingerprint density at radius 3 is 1.57 bits per heavy atom. The van der Waals surface area contributed by atoms with E-state index in [0.29, 0.717) is 0 Å². The van der Waals surface area contributed by atoms with Crippen LogP contribution in [0.4, 0.5) is 0 Å². The van der Waals surface area contributed by atoms with Gasteiger partial charge in [0.1, 0.15) is 23.4 Å². The smallest absolute Gasteiger partial charge is 0.113 e. The highest BCUT2D eigenvalue weighted by molar-refractivity contribution is 5.15. The third kappa shape index (κ3) is 5.74. The van der Waals surface area contributed by atoms with Crippen LogP contribution in [0.25, 0.3) is 0 Å². The van der Waals surface area contributed by atoms with Crippen LogP contribution in [0.15, 0.2) is 24.3 Å². The van der Waals surface area contributed by atoms with Gasteiger partial charge in [0.2, 0.25) is 0 Å². The highest BCUT2D eigenvalue weighted by Crippen LogP contribution is 2.39. The molecular formula is C20H34O3. The molecule has 0 spiro atoms. The van der Waals surface area contributed by atoms with E-state index in [4.69, 9.17) is 14.2 Å². The first-order valence-corrected chi connectivity index (χ1v) is 9.33. The van der Waals surface area contributed by atoms with Gasteiger partial charge in [0.05, 0.1) is 13.2 Å². The van der Waals surface area contributed by atoms with Crippen LogP contribution in [0.5, 0.6) is 0 Å². The maximum absolute atomic E-state index is 6.61. The Kier molecular flexibility index (Phi) is 6.87. The van der Waals surface area contributed by atoms with Gasteiger partial charge in [-0.05, 0) is 26.7 Å². The van der Waals surface area contributed by atoms with Crippen LogP contribution in [-0.2, 0) is 14.2 Å². The minimum absolute atomic E-state index is 0.169. The van der Waals surface area contributed by atoms with Crippen molar-refractivity contribution in [3.05, 3.63) is 24.3 Å². The molecule has 0 aromatic rings. The summed E-state index contributed by atoms with van der Waals surface area (Å²) < 4.78 is 17.8. The Bertz CT molecular complexity index is 371. The summed E-state index contributed by atoms with van der Waals surface area (Å²) in [4.78, 5) is 0. The normalized spacial score (nSPS) is 28.9. The zero-order chi connectivity index (χ0) is 16.8. The Morgan fingerprint density at radius 2 is 1.26 bits per heavy atom. The van der Waals surface area contributed by atoms with Gasteiger partial charge in [0.25, 0.3) is 0 Å². The fourth-order valence-electron chi connectivity index (χ4n) is 2.92. The number of hydrogen-bond acceptors (Lipinski definition) is 3. The van der Waals surface area contributed by atoms with Crippen LogP contribution < -0.4 is 0 Å². The molecule has 0 aromatic carbocycles. The first-order valence-electron chi connectivity index (χ1n) is 9.33. The van der Waals surface area contributed by atoms with Gasteiger partial charge >= 0.3 is 0 Å². The minimum Gasteiger partial charge on any atom is -0.370 e. The molecule has 0 aliphatic carbocycles. The summed E-state index contributed by atoms with van der Waals surface area (Å²) in [6.45, 7) is 10.3. The van der Waals surface area contributed by atoms with Crippen molar-refractivity contribution in [2.24, 2.45) is 0 Å². The average Bonchev–Trinajstić information content (AvgIpc) is 3.40. The van der Waals surface area contributed by atoms with Gasteiger partial charge in [-0.1, -0.05) is 63.8 Å². The molecule has 2 rings (SSSR count). The molecule has 0 aromatic heterocycles. The topological polar surface area (TPSA) is 34.3 Å². The van der Waals surface area contributed by atoms with Crippen molar-refractivity contribution < 1.29 is 14.2 Å². The second-order valence-corrected chi connectivity index (χ2v) is 7.20. The molecular weight excluding hydrogens is 288 g/mol. The van der Waals surface area contributed by atoms with Gasteiger partial charge in [-0.25, -0.2) is 0 Å². The van der Waals surface area contributed by atoms with Gasteiger partial charge in [-0.2, -0.15) is 0 Å². The Morgan fingerprint density at radius 1 is 0.870 bits per heavy atom. The maximum Gasteiger partial charge on any atom is 0.113 e. The van der Waals surface area contributed by atoms with Gasteiger partial charge < -0.3 is 14.2 Å². The van der Waals surface area contributed by atoms with Gasteiger partial charge in [0, 0.05) is 0 Å². The first kappa shape index (κ1) is 18.7. The van der Waals surface area contributed by atoms with Crippen LogP contribution >= 0.6 is 0 Å². The van der Waals surface area contributed by atoms with E-state index in [9.17, 15) is 0 Å². The predicted octanol–water partition coefficient (Wildman–Crippen LogP) is 4.81. The van der Waals surface area contributed by atoms with Crippen molar-refractivity contribution in [2.45, 2.75) is 89.6 Å². The van der Waals surface area contributed by atoms with E-state index in [1.165, 1.54) is 25.7 Å². The molecule has 2 saturated heterocycles. The molecule has 3 nitrogen and oxygen atoms in total.